The molecule has 1 aromatic carbocycles. The minimum Gasteiger partial charge on any atom is -0.481 e. The van der Waals surface area contributed by atoms with Gasteiger partial charge in [-0.25, -0.2) is 13.2 Å². The van der Waals surface area contributed by atoms with E-state index in [0.717, 1.165) is 0 Å². The van der Waals surface area contributed by atoms with E-state index in [1.165, 1.54) is 11.0 Å². The van der Waals surface area contributed by atoms with E-state index in [2.05, 4.69) is 10.0 Å². The third kappa shape index (κ3) is 4.85. The summed E-state index contributed by atoms with van der Waals surface area (Å²) in [6, 6.07) is 5.99. The highest BCUT2D eigenvalue weighted by molar-refractivity contribution is 7.92. The van der Waals surface area contributed by atoms with Crippen molar-refractivity contribution in [2.45, 2.75) is 19.8 Å². The maximum absolute atomic E-state index is 12.2. The molecule has 24 heavy (non-hydrogen) atoms. The fourth-order valence-electron chi connectivity index (χ4n) is 2.51. The van der Waals surface area contributed by atoms with E-state index in [4.69, 9.17) is 5.11 Å². The molecule has 1 saturated heterocycles. The van der Waals surface area contributed by atoms with Gasteiger partial charge in [0.05, 0.1) is 17.4 Å². The number of nitrogens with one attached hydrogen (secondary N) is 2. The number of urea groups is 1. The molecule has 1 aromatic rings. The summed E-state index contributed by atoms with van der Waals surface area (Å²) in [6.07, 6.45) is 0.936. The number of hydrogen-bond donors (Lipinski definition) is 3. The van der Waals surface area contributed by atoms with Crippen LogP contribution in [0.3, 0.4) is 0 Å². The first-order chi connectivity index (χ1) is 11.3. The molecule has 1 heterocycles. The number of sulfonamides is 1. The molecule has 0 spiro atoms. The van der Waals surface area contributed by atoms with Crippen LogP contribution >= 0.6 is 0 Å². The van der Waals surface area contributed by atoms with E-state index >= 15 is 0 Å². The molecule has 1 atom stereocenters. The van der Waals surface area contributed by atoms with Crippen LogP contribution in [-0.4, -0.2) is 49.3 Å². The van der Waals surface area contributed by atoms with Crippen LogP contribution in [0, 0.1) is 5.92 Å². The molecule has 2 rings (SSSR count). The van der Waals surface area contributed by atoms with E-state index in [1.807, 2.05) is 0 Å². The molecule has 1 aliphatic rings. The first-order valence-electron chi connectivity index (χ1n) is 7.70. The van der Waals surface area contributed by atoms with Gasteiger partial charge in [0.1, 0.15) is 0 Å². The average molecular weight is 355 g/mol. The van der Waals surface area contributed by atoms with Gasteiger partial charge in [-0.1, -0.05) is 13.0 Å². The first kappa shape index (κ1) is 18.1. The van der Waals surface area contributed by atoms with E-state index in [-0.39, 0.29) is 12.3 Å². The summed E-state index contributed by atoms with van der Waals surface area (Å²) in [5.41, 5.74) is 0.807. The molecule has 2 amide bonds. The second-order valence-electron chi connectivity index (χ2n) is 5.70. The average Bonchev–Trinajstić information content (AvgIpc) is 2.97. The van der Waals surface area contributed by atoms with Gasteiger partial charge < -0.3 is 15.3 Å². The van der Waals surface area contributed by atoms with Gasteiger partial charge in [-0.3, -0.25) is 9.52 Å². The first-order valence-corrected chi connectivity index (χ1v) is 9.35. The Bertz CT molecular complexity index is 720. The minimum atomic E-state index is -3.40. The molecular weight excluding hydrogens is 334 g/mol. The Morgan fingerprint density at radius 1 is 1.33 bits per heavy atom. The fraction of sp³-hybridized carbons (Fsp3) is 0.467. The smallest absolute Gasteiger partial charge is 0.321 e. The second kappa shape index (κ2) is 7.52. The van der Waals surface area contributed by atoms with Crippen molar-refractivity contribution in [2.24, 2.45) is 5.92 Å². The zero-order valence-electron chi connectivity index (χ0n) is 13.4. The van der Waals surface area contributed by atoms with E-state index in [1.54, 1.807) is 25.1 Å². The number of carboxylic acids is 1. The summed E-state index contributed by atoms with van der Waals surface area (Å²) in [5, 5.41) is 11.6. The van der Waals surface area contributed by atoms with Gasteiger partial charge in [-0.2, -0.15) is 0 Å². The third-order valence-corrected chi connectivity index (χ3v) is 5.18. The fourth-order valence-corrected chi connectivity index (χ4v) is 3.63. The quantitative estimate of drug-likeness (QED) is 0.719. The number of carbonyl (C=O) groups is 2. The molecule has 0 saturated carbocycles. The number of likely N-dealkylation sites (tertiary alicyclic amines) is 1. The molecule has 0 aromatic heterocycles. The summed E-state index contributed by atoms with van der Waals surface area (Å²) in [4.78, 5) is 24.5. The highest BCUT2D eigenvalue weighted by atomic mass is 32.2. The monoisotopic (exact) mass is 355 g/mol. The Hall–Kier alpha value is -2.29. The van der Waals surface area contributed by atoms with Crippen LogP contribution in [0.5, 0.6) is 0 Å². The van der Waals surface area contributed by atoms with Gasteiger partial charge in [0, 0.05) is 18.8 Å². The van der Waals surface area contributed by atoms with Crippen molar-refractivity contribution in [1.82, 2.24) is 4.90 Å². The van der Waals surface area contributed by atoms with Crippen molar-refractivity contribution in [1.29, 1.82) is 0 Å². The van der Waals surface area contributed by atoms with Gasteiger partial charge >= 0.3 is 12.0 Å². The van der Waals surface area contributed by atoms with Crippen LogP contribution in [0.4, 0.5) is 16.2 Å². The summed E-state index contributed by atoms with van der Waals surface area (Å²) in [5.74, 6) is -1.42. The lowest BCUT2D eigenvalue weighted by Gasteiger charge is -2.17. The van der Waals surface area contributed by atoms with Gasteiger partial charge in [0.25, 0.3) is 0 Å². The van der Waals surface area contributed by atoms with Crippen LogP contribution in [0.15, 0.2) is 24.3 Å². The molecule has 3 N–H and O–H groups in total. The zero-order chi connectivity index (χ0) is 17.7. The van der Waals surface area contributed by atoms with Gasteiger partial charge in [-0.15, -0.1) is 0 Å². The number of benzene rings is 1. The van der Waals surface area contributed by atoms with Gasteiger partial charge in [0.15, 0.2) is 0 Å². The molecule has 1 aliphatic heterocycles. The normalized spacial score (nSPS) is 17.5. The molecule has 1 unspecified atom stereocenters. The van der Waals surface area contributed by atoms with Crippen LogP contribution < -0.4 is 10.0 Å². The van der Waals surface area contributed by atoms with Crippen LogP contribution in [0.25, 0.3) is 0 Å². The topological polar surface area (TPSA) is 116 Å². The number of carbonyl (C=O) groups excluding carboxylic acids is 1. The summed E-state index contributed by atoms with van der Waals surface area (Å²) in [7, 11) is -3.40. The number of nitrogens with zero attached hydrogens (tertiary/aromatic N) is 1. The molecule has 0 radical (unpaired) electrons. The lowest BCUT2D eigenvalue weighted by molar-refractivity contribution is -0.141. The maximum atomic E-state index is 12.2. The number of carboxylic acid groups (broad SMARTS) is 1. The van der Waals surface area contributed by atoms with Crippen molar-refractivity contribution in [2.75, 3.05) is 28.9 Å². The molecule has 9 heteroatoms. The predicted octanol–water partition coefficient (Wildman–Crippen LogP) is 1.78. The number of anilines is 2. The van der Waals surface area contributed by atoms with Crippen molar-refractivity contribution in [3.05, 3.63) is 24.3 Å². The summed E-state index contributed by atoms with van der Waals surface area (Å²) < 4.78 is 26.0. The van der Waals surface area contributed by atoms with Crippen LogP contribution in [0.2, 0.25) is 0 Å². The molecular formula is C15H21N3O5S. The summed E-state index contributed by atoms with van der Waals surface area (Å²) >= 11 is 0. The van der Waals surface area contributed by atoms with Crippen molar-refractivity contribution >= 4 is 33.4 Å². The number of aliphatic carboxylic acids is 1. The number of rotatable bonds is 6. The van der Waals surface area contributed by atoms with Crippen LogP contribution in [0.1, 0.15) is 19.8 Å². The Morgan fingerprint density at radius 3 is 2.67 bits per heavy atom. The van der Waals surface area contributed by atoms with E-state index in [9.17, 15) is 18.0 Å². The van der Waals surface area contributed by atoms with E-state index < -0.39 is 27.9 Å². The van der Waals surface area contributed by atoms with Gasteiger partial charge in [0.2, 0.25) is 10.0 Å². The lowest BCUT2D eigenvalue weighted by atomic mass is 10.1. The Morgan fingerprint density at radius 2 is 2.04 bits per heavy atom. The van der Waals surface area contributed by atoms with Crippen molar-refractivity contribution < 1.29 is 23.1 Å². The second-order valence-corrected chi connectivity index (χ2v) is 7.54. The predicted molar refractivity (Wildman–Crippen MR) is 90.5 cm³/mol. The highest BCUT2D eigenvalue weighted by Crippen LogP contribution is 2.20. The molecule has 0 bridgehead atoms. The summed E-state index contributed by atoms with van der Waals surface area (Å²) in [6.45, 7) is 2.33. The molecule has 8 nitrogen and oxygen atoms in total. The minimum absolute atomic E-state index is 0.0218. The SMILES string of the molecule is CCCS(=O)(=O)Nc1cccc(NC(=O)N2CCC(C(=O)O)C2)c1. The molecule has 1 fully saturated rings. The highest BCUT2D eigenvalue weighted by Gasteiger charge is 2.30. The number of hydrogen-bond acceptors (Lipinski definition) is 4. The standard InChI is InChI=1S/C15H21N3O5S/c1-2-8-24(22,23)17-13-5-3-4-12(9-13)16-15(21)18-7-6-11(10-18)14(19)20/h3-5,9,11,17H,2,6-8,10H2,1H3,(H,16,21)(H,19,20). The molecule has 0 aliphatic carbocycles. The van der Waals surface area contributed by atoms with Gasteiger partial charge in [-0.05, 0) is 31.0 Å². The van der Waals surface area contributed by atoms with Crippen molar-refractivity contribution in [3.8, 4) is 0 Å². The van der Waals surface area contributed by atoms with E-state index in [0.29, 0.717) is 30.8 Å². The molecule has 132 valence electrons. The number of amides is 2. The van der Waals surface area contributed by atoms with Crippen LogP contribution in [-0.2, 0) is 14.8 Å². The maximum Gasteiger partial charge on any atom is 0.321 e. The van der Waals surface area contributed by atoms with Crippen molar-refractivity contribution in [3.63, 3.8) is 0 Å². The lowest BCUT2D eigenvalue weighted by Crippen LogP contribution is -2.33. The third-order valence-electron chi connectivity index (χ3n) is 3.68. The largest absolute Gasteiger partial charge is 0.481 e. The Labute approximate surface area is 140 Å². The zero-order valence-corrected chi connectivity index (χ0v) is 14.2. The Kier molecular flexibility index (Phi) is 5.66. The Balaban J connectivity index is 1.99.